The number of alkyl halides is 9. The molecule has 1 fully saturated rings. The van der Waals surface area contributed by atoms with Crippen molar-refractivity contribution in [1.29, 1.82) is 0 Å². The summed E-state index contributed by atoms with van der Waals surface area (Å²) in [5.41, 5.74) is -4.05. The van der Waals surface area contributed by atoms with Crippen LogP contribution in [-0.4, -0.2) is 44.4 Å². The zero-order chi connectivity index (χ0) is 34.7. The monoisotopic (exact) mass is 716 g/mol. The summed E-state index contributed by atoms with van der Waals surface area (Å²) >= 11 is 0. The van der Waals surface area contributed by atoms with Gasteiger partial charge in [-0.15, -0.1) is 17.5 Å². The van der Waals surface area contributed by atoms with Crippen molar-refractivity contribution in [2.45, 2.75) is 77.7 Å². The van der Waals surface area contributed by atoms with Crippen LogP contribution in [0.5, 0.6) is 0 Å². The van der Waals surface area contributed by atoms with E-state index in [9.17, 15) is 49.4 Å². The Labute approximate surface area is 276 Å². The molecule has 2 aromatic carbocycles. The topological polar surface area (TPSA) is 87.4 Å². The largest absolute Gasteiger partial charge is 0.481 e. The van der Waals surface area contributed by atoms with Crippen LogP contribution in [0.15, 0.2) is 36.4 Å². The summed E-state index contributed by atoms with van der Waals surface area (Å²) in [6.07, 6.45) is -12.9. The van der Waals surface area contributed by atoms with Gasteiger partial charge in [0.25, 0.3) is 5.95 Å². The Morgan fingerprint density at radius 3 is 1.90 bits per heavy atom. The molecule has 0 amide bonds. The fraction of sp³-hybridized carbons (Fsp3) is 0.533. The average molecular weight is 717 g/mol. The maximum atomic E-state index is 13.9. The molecule has 1 N–H and O–H groups in total. The Bertz CT molecular complexity index is 1500. The van der Waals surface area contributed by atoms with E-state index in [4.69, 9.17) is 0 Å². The van der Waals surface area contributed by atoms with Crippen molar-refractivity contribution in [2.75, 3.05) is 22.9 Å². The Balaban J connectivity index is 0.00000625. The number of hydrogen-bond acceptors (Lipinski definition) is 6. The fourth-order valence-corrected chi connectivity index (χ4v) is 5.73. The molecule has 266 valence electrons. The van der Waals surface area contributed by atoms with Crippen molar-refractivity contribution >= 4 is 30.0 Å². The summed E-state index contributed by atoms with van der Waals surface area (Å²) in [6, 6.07) is 4.17. The van der Waals surface area contributed by atoms with Crippen LogP contribution in [-0.2, 0) is 43.0 Å². The molecule has 1 aromatic heterocycles. The number of carboxylic acids is 1. The van der Waals surface area contributed by atoms with E-state index in [-0.39, 0.29) is 42.4 Å². The maximum absolute atomic E-state index is 13.9. The third-order valence-electron chi connectivity index (χ3n) is 8.19. The van der Waals surface area contributed by atoms with E-state index in [1.165, 1.54) is 11.0 Å². The van der Waals surface area contributed by atoms with Crippen LogP contribution in [0.25, 0.3) is 0 Å². The van der Waals surface area contributed by atoms with E-state index in [2.05, 4.69) is 15.4 Å². The normalized spacial score (nSPS) is 17.1. The van der Waals surface area contributed by atoms with E-state index in [1.807, 2.05) is 4.90 Å². The summed E-state index contributed by atoms with van der Waals surface area (Å²) in [5, 5.41) is 21.2. The Kier molecular flexibility index (Phi) is 12.3. The first-order valence-electron chi connectivity index (χ1n) is 14.9. The van der Waals surface area contributed by atoms with Gasteiger partial charge in [-0.05, 0) is 98.2 Å². The van der Waals surface area contributed by atoms with Crippen LogP contribution in [0.3, 0.4) is 0 Å². The van der Waals surface area contributed by atoms with Crippen molar-refractivity contribution < 1.29 is 49.4 Å². The van der Waals surface area contributed by atoms with Gasteiger partial charge in [0.2, 0.25) is 0 Å². The standard InChI is InChI=1S/C30H33F9N6O2.ClH/c1-3-43(15-18-5-7-20(8-6-18)26(46)47)25-10-9-22(28(31,32)33)13-21(25)17-44(27-40-42-45(4-2)41-27)16-19-11-23(29(34,35)36)14-24(12-19)30(37,38)39;/h9-14,18,20H,3-8,15-17H2,1-2H3,(H,46,47);1H/t18-,20-;. The molecule has 4 rings (SSSR count). The summed E-state index contributed by atoms with van der Waals surface area (Å²) < 4.78 is 123. The second-order valence-corrected chi connectivity index (χ2v) is 11.5. The van der Waals surface area contributed by atoms with Crippen LogP contribution in [0.4, 0.5) is 51.1 Å². The number of hydrogen-bond donors (Lipinski definition) is 1. The number of aryl methyl sites for hydroxylation is 1. The highest BCUT2D eigenvalue weighted by atomic mass is 35.5. The van der Waals surface area contributed by atoms with Crippen LogP contribution < -0.4 is 9.80 Å². The predicted octanol–water partition coefficient (Wildman–Crippen LogP) is 8.10. The van der Waals surface area contributed by atoms with Gasteiger partial charge in [0.15, 0.2) is 0 Å². The second kappa shape index (κ2) is 15.2. The highest BCUT2D eigenvalue weighted by molar-refractivity contribution is 5.85. The number of nitrogens with zero attached hydrogens (tertiary/aromatic N) is 6. The Hall–Kier alpha value is -3.76. The van der Waals surface area contributed by atoms with Gasteiger partial charge in [-0.3, -0.25) is 4.79 Å². The molecule has 1 heterocycles. The van der Waals surface area contributed by atoms with Gasteiger partial charge < -0.3 is 14.9 Å². The van der Waals surface area contributed by atoms with E-state index < -0.39 is 65.8 Å². The van der Waals surface area contributed by atoms with Gasteiger partial charge >= 0.3 is 24.5 Å². The molecule has 1 aliphatic rings. The molecule has 0 aliphatic heterocycles. The van der Waals surface area contributed by atoms with Gasteiger partial charge in [0, 0.05) is 31.9 Å². The summed E-state index contributed by atoms with van der Waals surface area (Å²) in [5.74, 6) is -1.50. The lowest BCUT2D eigenvalue weighted by molar-refractivity contribution is -0.144. The average Bonchev–Trinajstić information content (AvgIpc) is 3.48. The lowest BCUT2D eigenvalue weighted by Crippen LogP contribution is -2.34. The zero-order valence-corrected chi connectivity index (χ0v) is 26.6. The minimum atomic E-state index is -5.11. The fourth-order valence-electron chi connectivity index (χ4n) is 5.73. The van der Waals surface area contributed by atoms with E-state index in [0.717, 1.165) is 16.9 Å². The van der Waals surface area contributed by atoms with Crippen LogP contribution in [0, 0.1) is 11.8 Å². The van der Waals surface area contributed by atoms with Gasteiger partial charge in [-0.2, -0.15) is 44.3 Å². The molecule has 0 saturated heterocycles. The number of carbonyl (C=O) groups is 1. The number of aliphatic carboxylic acids is 1. The molecule has 0 atom stereocenters. The van der Waals surface area contributed by atoms with Gasteiger partial charge in [0.05, 0.1) is 29.2 Å². The summed E-state index contributed by atoms with van der Waals surface area (Å²) in [6.45, 7) is 3.37. The predicted molar refractivity (Wildman–Crippen MR) is 159 cm³/mol. The van der Waals surface area contributed by atoms with Crippen molar-refractivity contribution in [1.82, 2.24) is 20.2 Å². The number of halogens is 10. The van der Waals surface area contributed by atoms with E-state index >= 15 is 0 Å². The minimum Gasteiger partial charge on any atom is -0.481 e. The molecule has 0 radical (unpaired) electrons. The third-order valence-corrected chi connectivity index (χ3v) is 8.19. The Morgan fingerprint density at radius 2 is 1.42 bits per heavy atom. The van der Waals surface area contributed by atoms with Crippen LogP contribution in [0.2, 0.25) is 0 Å². The van der Waals surface area contributed by atoms with Gasteiger partial charge in [0.1, 0.15) is 0 Å². The lowest BCUT2D eigenvalue weighted by Gasteiger charge is -2.34. The molecule has 0 spiro atoms. The van der Waals surface area contributed by atoms with Crippen LogP contribution >= 0.6 is 12.4 Å². The SMILES string of the molecule is CCN(C[C@H]1CC[C@H](C(=O)O)CC1)c1ccc(C(F)(F)F)cc1CN(Cc1cc(C(F)(F)F)cc(C(F)(F)F)c1)c1nnn(CC)n1.Cl. The highest BCUT2D eigenvalue weighted by Crippen LogP contribution is 2.38. The molecule has 3 aromatic rings. The maximum Gasteiger partial charge on any atom is 0.416 e. The van der Waals surface area contributed by atoms with Crippen molar-refractivity contribution in [3.05, 3.63) is 64.2 Å². The molecule has 48 heavy (non-hydrogen) atoms. The van der Waals surface area contributed by atoms with E-state index in [0.29, 0.717) is 56.6 Å². The summed E-state index contributed by atoms with van der Waals surface area (Å²) in [7, 11) is 0. The van der Waals surface area contributed by atoms with Crippen molar-refractivity contribution in [3.63, 3.8) is 0 Å². The van der Waals surface area contributed by atoms with Gasteiger partial charge in [-0.1, -0.05) is 5.10 Å². The molecule has 0 bridgehead atoms. The highest BCUT2D eigenvalue weighted by Gasteiger charge is 2.37. The van der Waals surface area contributed by atoms with E-state index in [1.54, 1.807) is 13.8 Å². The quantitative estimate of drug-likeness (QED) is 0.201. The molecular formula is C30H34ClF9N6O2. The smallest absolute Gasteiger partial charge is 0.416 e. The van der Waals surface area contributed by atoms with Crippen molar-refractivity contribution in [3.8, 4) is 0 Å². The molecule has 1 aliphatic carbocycles. The number of anilines is 2. The first-order valence-corrected chi connectivity index (χ1v) is 14.9. The number of tetrazole rings is 1. The number of carboxylic acid groups (broad SMARTS) is 1. The molecular weight excluding hydrogens is 683 g/mol. The third kappa shape index (κ3) is 9.66. The Morgan fingerprint density at radius 1 is 0.833 bits per heavy atom. The van der Waals surface area contributed by atoms with Gasteiger partial charge in [-0.25, -0.2) is 0 Å². The zero-order valence-electron chi connectivity index (χ0n) is 25.8. The first kappa shape index (κ1) is 38.7. The lowest BCUT2D eigenvalue weighted by atomic mass is 9.81. The molecule has 8 nitrogen and oxygen atoms in total. The second-order valence-electron chi connectivity index (χ2n) is 11.5. The number of aromatic nitrogens is 4. The van der Waals surface area contributed by atoms with Crippen LogP contribution in [0.1, 0.15) is 67.3 Å². The molecule has 1 saturated carbocycles. The first-order chi connectivity index (χ1) is 21.9. The number of benzene rings is 2. The summed E-state index contributed by atoms with van der Waals surface area (Å²) in [4.78, 5) is 15.5. The van der Waals surface area contributed by atoms with Crippen molar-refractivity contribution in [2.24, 2.45) is 11.8 Å². The molecule has 0 unspecified atom stereocenters. The number of rotatable bonds is 11. The minimum absolute atomic E-state index is 0. The molecule has 18 heteroatoms.